The predicted octanol–water partition coefficient (Wildman–Crippen LogP) is -0.621. The summed E-state index contributed by atoms with van der Waals surface area (Å²) in [5.41, 5.74) is 5.77. The molecule has 1 saturated heterocycles. The Kier molecular flexibility index (Phi) is 2.97. The van der Waals surface area contributed by atoms with Crippen LogP contribution in [-0.4, -0.2) is 44.2 Å². The van der Waals surface area contributed by atoms with E-state index >= 15 is 0 Å². The molecule has 2 N–H and O–H groups in total. The Labute approximate surface area is 89.4 Å². The molecule has 0 bridgehead atoms. The van der Waals surface area contributed by atoms with Crippen molar-refractivity contribution in [3.05, 3.63) is 5.82 Å². The van der Waals surface area contributed by atoms with Crippen molar-refractivity contribution in [3.8, 4) is 0 Å². The van der Waals surface area contributed by atoms with Crippen molar-refractivity contribution in [1.29, 1.82) is 0 Å². The lowest BCUT2D eigenvalue weighted by Crippen LogP contribution is -2.38. The standard InChI is InChI=1S/C9H18N6/c1-7-3-4-15(8(7)5-10)6-9-11-13-14(2)12-9/h7-8H,3-6,10H2,1-2H3. The van der Waals surface area contributed by atoms with E-state index in [0.717, 1.165) is 18.9 Å². The quantitative estimate of drug-likeness (QED) is 0.719. The lowest BCUT2D eigenvalue weighted by atomic mass is 10.0. The van der Waals surface area contributed by atoms with Gasteiger partial charge in [-0.2, -0.15) is 4.80 Å². The van der Waals surface area contributed by atoms with E-state index in [-0.39, 0.29) is 0 Å². The number of aryl methyl sites for hydroxylation is 1. The molecule has 1 aromatic rings. The first-order chi connectivity index (χ1) is 7.20. The second-order valence-corrected chi connectivity index (χ2v) is 4.23. The number of rotatable bonds is 3. The summed E-state index contributed by atoms with van der Waals surface area (Å²) in [5, 5.41) is 12.0. The molecule has 1 aliphatic heterocycles. The SMILES string of the molecule is CC1CCN(Cc2nnn(C)n2)C1CN. The van der Waals surface area contributed by atoms with Crippen LogP contribution in [0.2, 0.25) is 0 Å². The van der Waals surface area contributed by atoms with Gasteiger partial charge in [-0.3, -0.25) is 4.90 Å². The van der Waals surface area contributed by atoms with Crippen LogP contribution in [0.4, 0.5) is 0 Å². The van der Waals surface area contributed by atoms with Gasteiger partial charge in [-0.1, -0.05) is 6.92 Å². The molecule has 0 spiro atoms. The molecular formula is C9H18N6. The fraction of sp³-hybridized carbons (Fsp3) is 0.889. The molecule has 1 fully saturated rings. The van der Waals surface area contributed by atoms with Gasteiger partial charge < -0.3 is 5.73 Å². The maximum atomic E-state index is 5.77. The highest BCUT2D eigenvalue weighted by atomic mass is 15.6. The molecule has 15 heavy (non-hydrogen) atoms. The van der Waals surface area contributed by atoms with E-state index in [1.165, 1.54) is 11.2 Å². The highest BCUT2D eigenvalue weighted by molar-refractivity contribution is 4.88. The number of tetrazole rings is 1. The average Bonchev–Trinajstić information content (AvgIpc) is 2.75. The van der Waals surface area contributed by atoms with Crippen LogP contribution < -0.4 is 5.73 Å². The molecule has 2 unspecified atom stereocenters. The monoisotopic (exact) mass is 210 g/mol. The van der Waals surface area contributed by atoms with Crippen molar-refractivity contribution < 1.29 is 0 Å². The fourth-order valence-electron chi connectivity index (χ4n) is 2.23. The van der Waals surface area contributed by atoms with Crippen molar-refractivity contribution in [2.75, 3.05) is 13.1 Å². The fourth-order valence-corrected chi connectivity index (χ4v) is 2.23. The van der Waals surface area contributed by atoms with Crippen LogP contribution in [0.25, 0.3) is 0 Å². The average molecular weight is 210 g/mol. The summed E-state index contributed by atoms with van der Waals surface area (Å²) in [4.78, 5) is 3.84. The molecule has 2 rings (SSSR count). The third kappa shape index (κ3) is 2.15. The van der Waals surface area contributed by atoms with E-state index in [1.807, 2.05) is 0 Å². The van der Waals surface area contributed by atoms with E-state index < -0.39 is 0 Å². The van der Waals surface area contributed by atoms with Gasteiger partial charge in [-0.15, -0.1) is 10.2 Å². The molecular weight excluding hydrogens is 192 g/mol. The lowest BCUT2D eigenvalue weighted by molar-refractivity contribution is 0.223. The Morgan fingerprint density at radius 3 is 2.93 bits per heavy atom. The van der Waals surface area contributed by atoms with E-state index in [0.29, 0.717) is 18.5 Å². The molecule has 0 aliphatic carbocycles. The van der Waals surface area contributed by atoms with Gasteiger partial charge in [0, 0.05) is 12.6 Å². The van der Waals surface area contributed by atoms with Crippen molar-refractivity contribution in [2.24, 2.45) is 18.7 Å². The Bertz CT molecular complexity index is 322. The first kappa shape index (κ1) is 10.5. The molecule has 6 heteroatoms. The predicted molar refractivity (Wildman–Crippen MR) is 55.8 cm³/mol. The minimum absolute atomic E-state index is 0.466. The molecule has 1 aromatic heterocycles. The normalized spacial score (nSPS) is 27.4. The van der Waals surface area contributed by atoms with Crippen LogP contribution in [0, 0.1) is 5.92 Å². The molecule has 0 aromatic carbocycles. The topological polar surface area (TPSA) is 72.9 Å². The zero-order valence-corrected chi connectivity index (χ0v) is 9.30. The maximum absolute atomic E-state index is 5.77. The van der Waals surface area contributed by atoms with Crippen LogP contribution >= 0.6 is 0 Å². The number of aromatic nitrogens is 4. The Morgan fingerprint density at radius 1 is 1.53 bits per heavy atom. The number of nitrogens with two attached hydrogens (primary N) is 1. The van der Waals surface area contributed by atoms with Crippen molar-refractivity contribution in [2.45, 2.75) is 25.9 Å². The van der Waals surface area contributed by atoms with Crippen molar-refractivity contribution in [3.63, 3.8) is 0 Å². The van der Waals surface area contributed by atoms with Crippen molar-refractivity contribution >= 4 is 0 Å². The molecule has 1 aliphatic rings. The Balaban J connectivity index is 2.00. The van der Waals surface area contributed by atoms with Gasteiger partial charge in [-0.25, -0.2) is 0 Å². The molecule has 0 radical (unpaired) electrons. The van der Waals surface area contributed by atoms with Gasteiger partial charge in [0.1, 0.15) is 0 Å². The van der Waals surface area contributed by atoms with E-state index in [1.54, 1.807) is 7.05 Å². The van der Waals surface area contributed by atoms with Crippen LogP contribution in [0.15, 0.2) is 0 Å². The van der Waals surface area contributed by atoms with Gasteiger partial charge >= 0.3 is 0 Å². The molecule has 2 heterocycles. The zero-order chi connectivity index (χ0) is 10.8. The van der Waals surface area contributed by atoms with E-state index in [2.05, 4.69) is 27.2 Å². The molecule has 6 nitrogen and oxygen atoms in total. The minimum atomic E-state index is 0.466. The Hall–Kier alpha value is -1.01. The van der Waals surface area contributed by atoms with Gasteiger partial charge in [0.25, 0.3) is 0 Å². The van der Waals surface area contributed by atoms with Gasteiger partial charge in [0.15, 0.2) is 5.82 Å². The van der Waals surface area contributed by atoms with Crippen LogP contribution in [0.1, 0.15) is 19.2 Å². The largest absolute Gasteiger partial charge is 0.329 e. The summed E-state index contributed by atoms with van der Waals surface area (Å²) in [6.45, 7) is 4.81. The summed E-state index contributed by atoms with van der Waals surface area (Å²) in [5.74, 6) is 1.46. The maximum Gasteiger partial charge on any atom is 0.188 e. The van der Waals surface area contributed by atoms with Gasteiger partial charge in [-0.05, 0) is 24.1 Å². The minimum Gasteiger partial charge on any atom is -0.329 e. The third-order valence-corrected chi connectivity index (χ3v) is 3.13. The molecule has 2 atom stereocenters. The summed E-state index contributed by atoms with van der Waals surface area (Å²) in [6, 6.07) is 0.466. The molecule has 0 amide bonds. The lowest BCUT2D eigenvalue weighted by Gasteiger charge is -2.23. The number of nitrogens with zero attached hydrogens (tertiary/aromatic N) is 5. The summed E-state index contributed by atoms with van der Waals surface area (Å²) in [7, 11) is 1.78. The third-order valence-electron chi connectivity index (χ3n) is 3.13. The van der Waals surface area contributed by atoms with Gasteiger partial charge in [0.2, 0.25) is 0 Å². The number of likely N-dealkylation sites (tertiary alicyclic amines) is 1. The highest BCUT2D eigenvalue weighted by Crippen LogP contribution is 2.23. The van der Waals surface area contributed by atoms with E-state index in [9.17, 15) is 0 Å². The van der Waals surface area contributed by atoms with Crippen LogP contribution in [0.5, 0.6) is 0 Å². The van der Waals surface area contributed by atoms with E-state index in [4.69, 9.17) is 5.73 Å². The first-order valence-electron chi connectivity index (χ1n) is 5.37. The smallest absolute Gasteiger partial charge is 0.188 e. The van der Waals surface area contributed by atoms with Crippen LogP contribution in [0.3, 0.4) is 0 Å². The van der Waals surface area contributed by atoms with Crippen molar-refractivity contribution in [1.82, 2.24) is 25.1 Å². The summed E-state index contributed by atoms with van der Waals surface area (Å²) >= 11 is 0. The number of hydrogen-bond acceptors (Lipinski definition) is 5. The second-order valence-electron chi connectivity index (χ2n) is 4.23. The summed E-state index contributed by atoms with van der Waals surface area (Å²) in [6.07, 6.45) is 1.21. The second kappa shape index (κ2) is 4.24. The highest BCUT2D eigenvalue weighted by Gasteiger charge is 2.30. The molecule has 0 saturated carbocycles. The Morgan fingerprint density at radius 2 is 2.33 bits per heavy atom. The van der Waals surface area contributed by atoms with Gasteiger partial charge in [0.05, 0.1) is 13.6 Å². The zero-order valence-electron chi connectivity index (χ0n) is 9.30. The molecule has 84 valence electrons. The summed E-state index contributed by atoms with van der Waals surface area (Å²) < 4.78 is 0. The number of hydrogen-bond donors (Lipinski definition) is 1. The first-order valence-corrected chi connectivity index (χ1v) is 5.37. The van der Waals surface area contributed by atoms with Crippen LogP contribution in [-0.2, 0) is 13.6 Å².